The highest BCUT2D eigenvalue weighted by Gasteiger charge is 2.41. The summed E-state index contributed by atoms with van der Waals surface area (Å²) in [6, 6.07) is 9.80. The van der Waals surface area contributed by atoms with Gasteiger partial charge in [0.2, 0.25) is 0 Å². The smallest absolute Gasteiger partial charge is 0.323 e. The average molecular weight is 482 g/mol. The maximum absolute atomic E-state index is 13.3. The third-order valence-corrected chi connectivity index (χ3v) is 5.54. The fourth-order valence-corrected chi connectivity index (χ4v) is 3.77. The van der Waals surface area contributed by atoms with Crippen molar-refractivity contribution in [2.45, 2.75) is 19.4 Å². The van der Waals surface area contributed by atoms with E-state index in [4.69, 9.17) is 14.6 Å². The van der Waals surface area contributed by atoms with E-state index in [2.05, 4.69) is 5.32 Å². The topological polar surface area (TPSA) is 125 Å². The second-order valence-corrected chi connectivity index (χ2v) is 7.89. The zero-order valence-electron chi connectivity index (χ0n) is 19.9. The molecule has 0 radical (unpaired) electrons. The molecule has 1 aliphatic rings. The lowest BCUT2D eigenvalue weighted by Gasteiger charge is -2.35. The fourth-order valence-electron chi connectivity index (χ4n) is 3.77. The van der Waals surface area contributed by atoms with Gasteiger partial charge in [0, 0.05) is 36.6 Å². The summed E-state index contributed by atoms with van der Waals surface area (Å²) in [4.78, 5) is 52.6. The summed E-state index contributed by atoms with van der Waals surface area (Å²) in [5.41, 5.74) is 1.89. The molecule has 1 aliphatic heterocycles. The number of carbonyl (C=O) groups excluding carboxylic acids is 3. The van der Waals surface area contributed by atoms with Crippen LogP contribution in [-0.2, 0) is 14.4 Å². The number of carbonyl (C=O) groups is 4. The maximum Gasteiger partial charge on any atom is 0.323 e. The van der Waals surface area contributed by atoms with Crippen LogP contribution < -0.4 is 19.7 Å². The Kier molecular flexibility index (Phi) is 7.75. The van der Waals surface area contributed by atoms with Crippen molar-refractivity contribution >= 4 is 29.4 Å². The summed E-state index contributed by atoms with van der Waals surface area (Å²) in [6.07, 6.45) is 1.10. The van der Waals surface area contributed by atoms with Gasteiger partial charge in [-0.05, 0) is 42.8 Å². The standard InChI is InChI=1S/C25H27N3O7/c1-15-14-27(2)24(32)22(23(15)31)28(25(33)26-11-10-21(29)30)17-8-9-20(35-4)19(13-17)16-6-5-7-18(12-16)34-3/h5-9,12-14,22H,10-11H2,1-4H3,(H,26,33)(H,29,30). The molecule has 0 bridgehead atoms. The van der Waals surface area contributed by atoms with Gasteiger partial charge in [-0.3, -0.25) is 19.3 Å². The van der Waals surface area contributed by atoms with Crippen molar-refractivity contribution in [2.75, 3.05) is 32.7 Å². The molecule has 0 saturated carbocycles. The Balaban J connectivity index is 2.13. The van der Waals surface area contributed by atoms with Gasteiger partial charge in [0.15, 0.2) is 11.8 Å². The third kappa shape index (κ3) is 5.43. The van der Waals surface area contributed by atoms with E-state index in [1.807, 2.05) is 6.07 Å². The van der Waals surface area contributed by atoms with Crippen molar-refractivity contribution in [3.8, 4) is 22.6 Å². The Morgan fingerprint density at radius 2 is 1.86 bits per heavy atom. The number of Topliss-reactive ketones (excluding diaryl/α,β-unsaturated/α-hetero) is 1. The maximum atomic E-state index is 13.3. The number of urea groups is 1. The number of ether oxygens (including phenoxy) is 2. The number of methoxy groups -OCH3 is 2. The molecule has 1 unspecified atom stereocenters. The number of nitrogens with zero attached hydrogens (tertiary/aromatic N) is 2. The van der Waals surface area contributed by atoms with Crippen LogP contribution in [0.25, 0.3) is 11.1 Å². The molecule has 0 spiro atoms. The number of rotatable bonds is 8. The van der Waals surface area contributed by atoms with E-state index < -0.39 is 29.7 Å². The Bertz CT molecular complexity index is 1190. The number of benzene rings is 2. The molecule has 0 saturated heterocycles. The molecule has 10 nitrogen and oxygen atoms in total. The van der Waals surface area contributed by atoms with Crippen molar-refractivity contribution in [3.05, 3.63) is 54.2 Å². The van der Waals surface area contributed by atoms with E-state index in [9.17, 15) is 19.2 Å². The zero-order chi connectivity index (χ0) is 25.7. The quantitative estimate of drug-likeness (QED) is 0.555. The minimum absolute atomic E-state index is 0.177. The molecular weight excluding hydrogens is 454 g/mol. The number of amides is 3. The van der Waals surface area contributed by atoms with E-state index >= 15 is 0 Å². The first-order valence-corrected chi connectivity index (χ1v) is 10.8. The second kappa shape index (κ2) is 10.7. The van der Waals surface area contributed by atoms with Crippen LogP contribution in [-0.4, -0.2) is 67.6 Å². The predicted molar refractivity (Wildman–Crippen MR) is 128 cm³/mol. The van der Waals surface area contributed by atoms with E-state index in [0.717, 1.165) is 10.5 Å². The molecule has 0 aliphatic carbocycles. The molecule has 2 aromatic carbocycles. The third-order valence-electron chi connectivity index (χ3n) is 5.54. The number of carboxylic acid groups (broad SMARTS) is 1. The predicted octanol–water partition coefficient (Wildman–Crippen LogP) is 2.68. The van der Waals surface area contributed by atoms with Crippen molar-refractivity contribution in [2.24, 2.45) is 0 Å². The molecule has 10 heteroatoms. The molecule has 2 N–H and O–H groups in total. The molecule has 0 aromatic heterocycles. The number of likely N-dealkylation sites (N-methyl/N-ethyl adjacent to an activating group) is 1. The van der Waals surface area contributed by atoms with Gasteiger partial charge < -0.3 is 24.8 Å². The lowest BCUT2D eigenvalue weighted by Crippen LogP contribution is -2.58. The van der Waals surface area contributed by atoms with Gasteiger partial charge in [0.05, 0.1) is 20.6 Å². The highest BCUT2D eigenvalue weighted by molar-refractivity contribution is 6.21. The molecule has 1 atom stereocenters. The summed E-state index contributed by atoms with van der Waals surface area (Å²) in [6.45, 7) is 1.39. The number of carboxylic acids is 1. The monoisotopic (exact) mass is 481 g/mol. The molecule has 2 aromatic rings. The number of hydrogen-bond acceptors (Lipinski definition) is 6. The van der Waals surface area contributed by atoms with Crippen molar-refractivity contribution in [1.82, 2.24) is 10.2 Å². The van der Waals surface area contributed by atoms with Crippen molar-refractivity contribution in [3.63, 3.8) is 0 Å². The number of anilines is 1. The van der Waals surface area contributed by atoms with Crippen LogP contribution in [0.2, 0.25) is 0 Å². The zero-order valence-corrected chi connectivity index (χ0v) is 19.9. The van der Waals surface area contributed by atoms with E-state index in [-0.39, 0.29) is 18.7 Å². The van der Waals surface area contributed by atoms with Crippen molar-refractivity contribution < 1.29 is 33.8 Å². The van der Waals surface area contributed by atoms with Crippen LogP contribution in [0.15, 0.2) is 54.2 Å². The normalized spacial score (nSPS) is 15.4. The Labute approximate surface area is 202 Å². The highest BCUT2D eigenvalue weighted by Crippen LogP contribution is 2.36. The minimum atomic E-state index is -1.46. The summed E-state index contributed by atoms with van der Waals surface area (Å²) in [7, 11) is 4.55. The Morgan fingerprint density at radius 3 is 2.51 bits per heavy atom. The van der Waals surface area contributed by atoms with E-state index in [1.54, 1.807) is 50.4 Å². The molecular formula is C25H27N3O7. The average Bonchev–Trinajstić information content (AvgIpc) is 2.84. The minimum Gasteiger partial charge on any atom is -0.497 e. The van der Waals surface area contributed by atoms with Crippen molar-refractivity contribution in [1.29, 1.82) is 0 Å². The van der Waals surface area contributed by atoms with Gasteiger partial charge in [-0.2, -0.15) is 0 Å². The SMILES string of the molecule is COc1cccc(-c2cc(N(C(=O)NCCC(=O)O)C3C(=O)C(C)=CN(C)C3=O)ccc2OC)c1. The second-order valence-electron chi connectivity index (χ2n) is 7.89. The lowest BCUT2D eigenvalue weighted by atomic mass is 9.98. The fraction of sp³-hybridized carbons (Fsp3) is 0.280. The number of nitrogens with one attached hydrogen (secondary N) is 1. The molecule has 0 fully saturated rings. The van der Waals surface area contributed by atoms with Crippen LogP contribution in [0.3, 0.4) is 0 Å². The highest BCUT2D eigenvalue weighted by atomic mass is 16.5. The molecule has 1 heterocycles. The molecule has 35 heavy (non-hydrogen) atoms. The summed E-state index contributed by atoms with van der Waals surface area (Å²) in [5.74, 6) is -1.10. The first kappa shape index (κ1) is 25.3. The van der Waals surface area contributed by atoms with Gasteiger partial charge in [0.1, 0.15) is 11.5 Å². The number of aliphatic carboxylic acids is 1. The van der Waals surface area contributed by atoms with Crippen LogP contribution in [0.4, 0.5) is 10.5 Å². The number of hydrogen-bond donors (Lipinski definition) is 2. The molecule has 3 amide bonds. The number of ketones is 1. The van der Waals surface area contributed by atoms with Crippen LogP contribution in [0.5, 0.6) is 11.5 Å². The first-order valence-electron chi connectivity index (χ1n) is 10.8. The largest absolute Gasteiger partial charge is 0.497 e. The van der Waals surface area contributed by atoms with Gasteiger partial charge in [0.25, 0.3) is 5.91 Å². The van der Waals surface area contributed by atoms with Crippen LogP contribution >= 0.6 is 0 Å². The van der Waals surface area contributed by atoms with E-state index in [1.165, 1.54) is 25.3 Å². The van der Waals surface area contributed by atoms with Gasteiger partial charge >= 0.3 is 12.0 Å². The lowest BCUT2D eigenvalue weighted by molar-refractivity contribution is -0.137. The van der Waals surface area contributed by atoms with Crippen LogP contribution in [0, 0.1) is 0 Å². The Morgan fingerprint density at radius 1 is 1.11 bits per heavy atom. The molecule has 184 valence electrons. The van der Waals surface area contributed by atoms with Gasteiger partial charge in [-0.15, -0.1) is 0 Å². The van der Waals surface area contributed by atoms with Gasteiger partial charge in [-0.1, -0.05) is 12.1 Å². The first-order chi connectivity index (χ1) is 16.7. The van der Waals surface area contributed by atoms with Gasteiger partial charge in [-0.25, -0.2) is 4.79 Å². The van der Waals surface area contributed by atoms with Crippen LogP contribution in [0.1, 0.15) is 13.3 Å². The summed E-state index contributed by atoms with van der Waals surface area (Å²) in [5, 5.41) is 11.4. The van der Waals surface area contributed by atoms with E-state index in [0.29, 0.717) is 22.6 Å². The molecule has 3 rings (SSSR count). The summed E-state index contributed by atoms with van der Waals surface area (Å²) < 4.78 is 10.8. The Hall–Kier alpha value is -4.34. The summed E-state index contributed by atoms with van der Waals surface area (Å²) >= 11 is 0.